The third kappa shape index (κ3) is 7.93. The second-order valence-corrected chi connectivity index (χ2v) is 3.38. The van der Waals surface area contributed by atoms with Gasteiger partial charge in [-0.05, 0) is 12.8 Å². The highest BCUT2D eigenvalue weighted by atomic mass is 16.5. The molecule has 1 unspecified atom stereocenters. The number of amides is 1. The summed E-state index contributed by atoms with van der Waals surface area (Å²) < 4.78 is 4.93. The van der Waals surface area contributed by atoms with Crippen LogP contribution in [0.15, 0.2) is 0 Å². The first-order chi connectivity index (χ1) is 7.10. The number of ether oxygens (including phenoxy) is 1. The standard InChI is InChI=1S/C10H19NO4/c1-3-8(7-15-2)11-9(12)5-4-6-10(13)14/h8H,3-7H2,1-2H3,(H,11,12)(H,13,14). The lowest BCUT2D eigenvalue weighted by Crippen LogP contribution is -2.37. The van der Waals surface area contributed by atoms with Crippen molar-refractivity contribution in [2.75, 3.05) is 13.7 Å². The van der Waals surface area contributed by atoms with Gasteiger partial charge in [0, 0.05) is 20.0 Å². The number of carbonyl (C=O) groups is 2. The van der Waals surface area contributed by atoms with Gasteiger partial charge in [-0.3, -0.25) is 9.59 Å². The van der Waals surface area contributed by atoms with Crippen molar-refractivity contribution in [1.82, 2.24) is 5.32 Å². The Balaban J connectivity index is 3.66. The van der Waals surface area contributed by atoms with Crippen molar-refractivity contribution in [1.29, 1.82) is 0 Å². The zero-order chi connectivity index (χ0) is 11.7. The van der Waals surface area contributed by atoms with Crippen molar-refractivity contribution in [3.63, 3.8) is 0 Å². The average Bonchev–Trinajstić information content (AvgIpc) is 2.16. The van der Waals surface area contributed by atoms with Crippen LogP contribution in [0.5, 0.6) is 0 Å². The van der Waals surface area contributed by atoms with E-state index in [4.69, 9.17) is 9.84 Å². The predicted octanol–water partition coefficient (Wildman–Crippen LogP) is 0.782. The highest BCUT2D eigenvalue weighted by Crippen LogP contribution is 1.98. The van der Waals surface area contributed by atoms with Crippen molar-refractivity contribution in [2.24, 2.45) is 0 Å². The number of hydrogen-bond acceptors (Lipinski definition) is 3. The molecule has 5 heteroatoms. The van der Waals surface area contributed by atoms with Crippen LogP contribution in [0.1, 0.15) is 32.6 Å². The number of carboxylic acids is 1. The molecule has 0 bridgehead atoms. The van der Waals surface area contributed by atoms with Crippen LogP contribution in [-0.4, -0.2) is 36.7 Å². The first kappa shape index (κ1) is 13.9. The molecule has 0 fully saturated rings. The van der Waals surface area contributed by atoms with Crippen LogP contribution in [0.25, 0.3) is 0 Å². The third-order valence-corrected chi connectivity index (χ3v) is 2.02. The van der Waals surface area contributed by atoms with Crippen LogP contribution in [0.4, 0.5) is 0 Å². The number of carbonyl (C=O) groups excluding carboxylic acids is 1. The zero-order valence-electron chi connectivity index (χ0n) is 9.28. The smallest absolute Gasteiger partial charge is 0.303 e. The Morgan fingerprint density at radius 2 is 2.07 bits per heavy atom. The molecular formula is C10H19NO4. The molecule has 0 spiro atoms. The molecule has 0 rings (SSSR count). The van der Waals surface area contributed by atoms with Gasteiger partial charge in [0.15, 0.2) is 0 Å². The minimum Gasteiger partial charge on any atom is -0.481 e. The SMILES string of the molecule is CCC(COC)NC(=O)CCCC(=O)O. The maximum atomic E-state index is 11.3. The van der Waals surface area contributed by atoms with Crippen LogP contribution < -0.4 is 5.32 Å². The summed E-state index contributed by atoms with van der Waals surface area (Å²) in [5.74, 6) is -0.980. The summed E-state index contributed by atoms with van der Waals surface area (Å²) in [6.07, 6.45) is 1.48. The van der Waals surface area contributed by atoms with Gasteiger partial charge in [-0.2, -0.15) is 0 Å². The average molecular weight is 217 g/mol. The summed E-state index contributed by atoms with van der Waals surface area (Å²) in [6, 6.07) is 0.0207. The molecular weight excluding hydrogens is 198 g/mol. The third-order valence-electron chi connectivity index (χ3n) is 2.02. The summed E-state index contributed by atoms with van der Waals surface area (Å²) in [5, 5.41) is 11.2. The number of carboxylic acid groups (broad SMARTS) is 1. The lowest BCUT2D eigenvalue weighted by atomic mass is 10.2. The second-order valence-electron chi connectivity index (χ2n) is 3.38. The lowest BCUT2D eigenvalue weighted by Gasteiger charge is -2.15. The van der Waals surface area contributed by atoms with E-state index in [9.17, 15) is 9.59 Å². The van der Waals surface area contributed by atoms with E-state index in [1.807, 2.05) is 6.92 Å². The van der Waals surface area contributed by atoms with Gasteiger partial charge in [-0.15, -0.1) is 0 Å². The van der Waals surface area contributed by atoms with Crippen molar-refractivity contribution < 1.29 is 19.4 Å². The van der Waals surface area contributed by atoms with Gasteiger partial charge < -0.3 is 15.2 Å². The number of methoxy groups -OCH3 is 1. The largest absolute Gasteiger partial charge is 0.481 e. The van der Waals surface area contributed by atoms with E-state index < -0.39 is 5.97 Å². The van der Waals surface area contributed by atoms with Gasteiger partial charge in [0.05, 0.1) is 12.6 Å². The van der Waals surface area contributed by atoms with Crippen LogP contribution in [0.2, 0.25) is 0 Å². The molecule has 0 radical (unpaired) electrons. The van der Waals surface area contributed by atoms with E-state index in [0.29, 0.717) is 13.0 Å². The zero-order valence-corrected chi connectivity index (χ0v) is 9.28. The van der Waals surface area contributed by atoms with E-state index in [2.05, 4.69) is 5.32 Å². The molecule has 88 valence electrons. The van der Waals surface area contributed by atoms with Crippen LogP contribution in [-0.2, 0) is 14.3 Å². The molecule has 15 heavy (non-hydrogen) atoms. The Morgan fingerprint density at radius 3 is 2.53 bits per heavy atom. The highest BCUT2D eigenvalue weighted by Gasteiger charge is 2.10. The van der Waals surface area contributed by atoms with Gasteiger partial charge >= 0.3 is 5.97 Å². The molecule has 5 nitrogen and oxygen atoms in total. The van der Waals surface area contributed by atoms with E-state index in [0.717, 1.165) is 6.42 Å². The second kappa shape index (κ2) is 8.23. The molecule has 1 amide bonds. The van der Waals surface area contributed by atoms with Gasteiger partial charge in [0.25, 0.3) is 0 Å². The fraction of sp³-hybridized carbons (Fsp3) is 0.800. The van der Waals surface area contributed by atoms with Crippen LogP contribution in [0, 0.1) is 0 Å². The monoisotopic (exact) mass is 217 g/mol. The van der Waals surface area contributed by atoms with Crippen molar-refractivity contribution in [3.05, 3.63) is 0 Å². The molecule has 0 aliphatic carbocycles. The molecule has 2 N–H and O–H groups in total. The molecule has 0 aliphatic rings. The summed E-state index contributed by atoms with van der Waals surface area (Å²) in [7, 11) is 1.58. The summed E-state index contributed by atoms with van der Waals surface area (Å²) in [4.78, 5) is 21.5. The fourth-order valence-electron chi connectivity index (χ4n) is 1.16. The normalized spacial score (nSPS) is 12.1. The Morgan fingerprint density at radius 1 is 1.40 bits per heavy atom. The van der Waals surface area contributed by atoms with Gasteiger partial charge in [0.1, 0.15) is 0 Å². The van der Waals surface area contributed by atoms with Crippen molar-refractivity contribution in [3.8, 4) is 0 Å². The number of rotatable bonds is 8. The highest BCUT2D eigenvalue weighted by molar-refractivity contribution is 5.77. The van der Waals surface area contributed by atoms with E-state index in [-0.39, 0.29) is 24.8 Å². The Labute approximate surface area is 89.8 Å². The molecule has 0 aromatic rings. The van der Waals surface area contributed by atoms with Crippen LogP contribution in [0.3, 0.4) is 0 Å². The maximum Gasteiger partial charge on any atom is 0.303 e. The molecule has 1 atom stereocenters. The quantitative estimate of drug-likeness (QED) is 0.630. The molecule has 0 aromatic heterocycles. The summed E-state index contributed by atoms with van der Waals surface area (Å²) in [6.45, 7) is 2.45. The molecule has 0 heterocycles. The number of aliphatic carboxylic acids is 1. The topological polar surface area (TPSA) is 75.6 Å². The Kier molecular flexibility index (Phi) is 7.62. The Hall–Kier alpha value is -1.10. The van der Waals surface area contributed by atoms with Gasteiger partial charge in [-0.1, -0.05) is 6.92 Å². The first-order valence-corrected chi connectivity index (χ1v) is 5.10. The van der Waals surface area contributed by atoms with E-state index >= 15 is 0 Å². The fourth-order valence-corrected chi connectivity index (χ4v) is 1.16. The van der Waals surface area contributed by atoms with E-state index in [1.165, 1.54) is 0 Å². The van der Waals surface area contributed by atoms with E-state index in [1.54, 1.807) is 7.11 Å². The molecule has 0 saturated carbocycles. The minimum atomic E-state index is -0.869. The number of nitrogens with one attached hydrogen (secondary N) is 1. The lowest BCUT2D eigenvalue weighted by molar-refractivity contribution is -0.137. The van der Waals surface area contributed by atoms with Crippen molar-refractivity contribution in [2.45, 2.75) is 38.6 Å². The minimum absolute atomic E-state index is 0.0207. The van der Waals surface area contributed by atoms with Crippen molar-refractivity contribution >= 4 is 11.9 Å². The maximum absolute atomic E-state index is 11.3. The summed E-state index contributed by atoms with van der Waals surface area (Å²) >= 11 is 0. The first-order valence-electron chi connectivity index (χ1n) is 5.10. The van der Waals surface area contributed by atoms with Gasteiger partial charge in [0.2, 0.25) is 5.91 Å². The Bertz CT molecular complexity index is 206. The molecule has 0 aliphatic heterocycles. The molecule has 0 saturated heterocycles. The summed E-state index contributed by atoms with van der Waals surface area (Å²) in [5.41, 5.74) is 0. The number of hydrogen-bond donors (Lipinski definition) is 2. The van der Waals surface area contributed by atoms with Gasteiger partial charge in [-0.25, -0.2) is 0 Å². The predicted molar refractivity (Wildman–Crippen MR) is 55.6 cm³/mol. The molecule has 0 aromatic carbocycles. The van der Waals surface area contributed by atoms with Crippen LogP contribution >= 0.6 is 0 Å².